The van der Waals surface area contributed by atoms with E-state index in [9.17, 15) is 9.59 Å². The molecule has 3 aromatic heterocycles. The van der Waals surface area contributed by atoms with Crippen LogP contribution in [-0.4, -0.2) is 20.6 Å². The van der Waals surface area contributed by atoms with Crippen LogP contribution < -0.4 is 10.9 Å². The number of aryl methyl sites for hydroxylation is 1. The van der Waals surface area contributed by atoms with Gasteiger partial charge in [-0.2, -0.15) is 0 Å². The van der Waals surface area contributed by atoms with Crippen LogP contribution in [0.3, 0.4) is 0 Å². The first kappa shape index (κ1) is 16.4. The Morgan fingerprint density at radius 1 is 1.42 bits per heavy atom. The third-order valence-corrected chi connectivity index (χ3v) is 4.65. The van der Waals surface area contributed by atoms with Crippen LogP contribution in [-0.2, 0) is 16.8 Å². The molecule has 0 aliphatic carbocycles. The summed E-state index contributed by atoms with van der Waals surface area (Å²) < 4.78 is 6.96. The molecule has 1 N–H and O–H groups in total. The van der Waals surface area contributed by atoms with Gasteiger partial charge in [0.05, 0.1) is 17.5 Å². The maximum absolute atomic E-state index is 12.4. The van der Waals surface area contributed by atoms with Crippen molar-refractivity contribution < 1.29 is 9.32 Å². The molecule has 0 spiro atoms. The SMILES string of the molecule is Cc1csc2c(=O)n(CC(=O)Nc3cc(C(C)(C)C)no3)cnc12. The van der Waals surface area contributed by atoms with Crippen LogP contribution in [0.1, 0.15) is 32.0 Å². The molecule has 126 valence electrons. The van der Waals surface area contributed by atoms with Crippen LogP contribution in [0.4, 0.5) is 5.88 Å². The number of carbonyl (C=O) groups excluding carboxylic acids is 1. The molecule has 8 heteroatoms. The van der Waals surface area contributed by atoms with Crippen LogP contribution in [0.5, 0.6) is 0 Å². The van der Waals surface area contributed by atoms with Gasteiger partial charge in [0.25, 0.3) is 5.56 Å². The minimum Gasteiger partial charge on any atom is -0.338 e. The second-order valence-electron chi connectivity index (χ2n) is 6.65. The van der Waals surface area contributed by atoms with E-state index in [0.717, 1.165) is 11.3 Å². The molecule has 0 saturated heterocycles. The Balaban J connectivity index is 1.77. The van der Waals surface area contributed by atoms with Crippen LogP contribution in [0.25, 0.3) is 10.2 Å². The Morgan fingerprint density at radius 3 is 2.83 bits per heavy atom. The van der Waals surface area contributed by atoms with Gasteiger partial charge >= 0.3 is 0 Å². The topological polar surface area (TPSA) is 90.0 Å². The predicted molar refractivity (Wildman–Crippen MR) is 92.4 cm³/mol. The monoisotopic (exact) mass is 346 g/mol. The summed E-state index contributed by atoms with van der Waals surface area (Å²) in [5.74, 6) is -0.109. The van der Waals surface area contributed by atoms with E-state index in [-0.39, 0.29) is 29.3 Å². The Morgan fingerprint density at radius 2 is 2.17 bits per heavy atom. The molecule has 24 heavy (non-hydrogen) atoms. The number of rotatable bonds is 3. The van der Waals surface area contributed by atoms with Gasteiger partial charge in [0.2, 0.25) is 11.8 Å². The molecule has 0 aliphatic heterocycles. The van der Waals surface area contributed by atoms with Gasteiger partial charge in [-0.3, -0.25) is 19.5 Å². The third kappa shape index (κ3) is 3.09. The van der Waals surface area contributed by atoms with Crippen molar-refractivity contribution in [1.82, 2.24) is 14.7 Å². The number of hydrogen-bond acceptors (Lipinski definition) is 6. The lowest BCUT2D eigenvalue weighted by molar-refractivity contribution is -0.116. The van der Waals surface area contributed by atoms with Crippen molar-refractivity contribution in [2.45, 2.75) is 39.7 Å². The summed E-state index contributed by atoms with van der Waals surface area (Å²) in [7, 11) is 0. The minimum atomic E-state index is -0.372. The average molecular weight is 346 g/mol. The number of hydrogen-bond donors (Lipinski definition) is 1. The Labute approximate surface area is 142 Å². The summed E-state index contributed by atoms with van der Waals surface area (Å²) in [6.45, 7) is 7.77. The van der Waals surface area contributed by atoms with E-state index in [1.165, 1.54) is 22.2 Å². The minimum absolute atomic E-state index is 0.135. The zero-order valence-corrected chi connectivity index (χ0v) is 14.7. The zero-order valence-electron chi connectivity index (χ0n) is 13.9. The fourth-order valence-corrected chi connectivity index (χ4v) is 3.14. The lowest BCUT2D eigenvalue weighted by atomic mass is 9.92. The van der Waals surface area contributed by atoms with Crippen molar-refractivity contribution in [3.8, 4) is 0 Å². The van der Waals surface area contributed by atoms with E-state index >= 15 is 0 Å². The number of amides is 1. The van der Waals surface area contributed by atoms with Crippen molar-refractivity contribution in [3.63, 3.8) is 0 Å². The second kappa shape index (κ2) is 5.86. The highest BCUT2D eigenvalue weighted by atomic mass is 32.1. The van der Waals surface area contributed by atoms with Crippen LogP contribution in [0.15, 0.2) is 27.1 Å². The summed E-state index contributed by atoms with van der Waals surface area (Å²) in [6, 6.07) is 1.69. The molecule has 7 nitrogen and oxygen atoms in total. The smallest absolute Gasteiger partial charge is 0.271 e. The van der Waals surface area contributed by atoms with E-state index in [4.69, 9.17) is 4.52 Å². The van der Waals surface area contributed by atoms with E-state index in [1.807, 2.05) is 33.1 Å². The standard InChI is InChI=1S/C16H18N4O3S/c1-9-7-24-14-13(9)17-8-20(15(14)22)6-11(21)18-12-5-10(19-23-12)16(2,3)4/h5,7-8H,6H2,1-4H3,(H,18,21). The third-order valence-electron chi connectivity index (χ3n) is 3.58. The summed E-state index contributed by atoms with van der Waals surface area (Å²) >= 11 is 1.34. The van der Waals surface area contributed by atoms with Crippen molar-refractivity contribution in [2.24, 2.45) is 0 Å². The van der Waals surface area contributed by atoms with Crippen LogP contribution in [0.2, 0.25) is 0 Å². The summed E-state index contributed by atoms with van der Waals surface area (Å²) in [5.41, 5.74) is 2.00. The number of fused-ring (bicyclic) bond motifs is 1. The average Bonchev–Trinajstić information content (AvgIpc) is 3.09. The van der Waals surface area contributed by atoms with E-state index in [2.05, 4.69) is 15.5 Å². The number of nitrogens with zero attached hydrogens (tertiary/aromatic N) is 3. The van der Waals surface area contributed by atoms with Gasteiger partial charge in [0.15, 0.2) is 0 Å². The molecule has 0 atom stereocenters. The van der Waals surface area contributed by atoms with Gasteiger partial charge < -0.3 is 4.52 Å². The summed E-state index contributed by atoms with van der Waals surface area (Å²) in [5, 5.41) is 8.43. The number of thiophene rings is 1. The first-order chi connectivity index (χ1) is 11.3. The normalized spacial score (nSPS) is 11.8. The predicted octanol–water partition coefficient (Wildman–Crippen LogP) is 2.69. The van der Waals surface area contributed by atoms with E-state index < -0.39 is 0 Å². The van der Waals surface area contributed by atoms with Gasteiger partial charge in [0, 0.05) is 11.5 Å². The zero-order chi connectivity index (χ0) is 17.5. The lowest BCUT2D eigenvalue weighted by Crippen LogP contribution is -2.27. The number of aromatic nitrogens is 3. The first-order valence-electron chi connectivity index (χ1n) is 7.46. The largest absolute Gasteiger partial charge is 0.338 e. The number of nitrogens with one attached hydrogen (secondary N) is 1. The highest BCUT2D eigenvalue weighted by Crippen LogP contribution is 2.23. The molecule has 3 heterocycles. The molecule has 0 fully saturated rings. The highest BCUT2D eigenvalue weighted by Gasteiger charge is 2.20. The lowest BCUT2D eigenvalue weighted by Gasteiger charge is -2.12. The quantitative estimate of drug-likeness (QED) is 0.787. The Kier molecular flexibility index (Phi) is 4.00. The van der Waals surface area contributed by atoms with Gasteiger partial charge in [-0.15, -0.1) is 11.3 Å². The molecule has 0 aliphatic rings. The number of carbonyl (C=O) groups is 1. The van der Waals surface area contributed by atoms with Crippen molar-refractivity contribution in [1.29, 1.82) is 0 Å². The van der Waals surface area contributed by atoms with E-state index in [1.54, 1.807) is 6.07 Å². The summed E-state index contributed by atoms with van der Waals surface area (Å²) in [6.07, 6.45) is 1.39. The molecule has 1 amide bonds. The molecule has 0 radical (unpaired) electrons. The van der Waals surface area contributed by atoms with Crippen molar-refractivity contribution in [3.05, 3.63) is 39.4 Å². The molecule has 0 saturated carbocycles. The summed E-state index contributed by atoms with van der Waals surface area (Å²) in [4.78, 5) is 28.8. The molecule has 0 bridgehead atoms. The molecule has 3 aromatic rings. The maximum atomic E-state index is 12.4. The van der Waals surface area contributed by atoms with Crippen LogP contribution in [0, 0.1) is 6.92 Å². The van der Waals surface area contributed by atoms with Gasteiger partial charge in [-0.1, -0.05) is 25.9 Å². The van der Waals surface area contributed by atoms with Gasteiger partial charge in [-0.05, 0) is 17.9 Å². The second-order valence-corrected chi connectivity index (χ2v) is 7.53. The van der Waals surface area contributed by atoms with Crippen LogP contribution >= 0.6 is 11.3 Å². The van der Waals surface area contributed by atoms with Gasteiger partial charge in [-0.25, -0.2) is 4.98 Å². The van der Waals surface area contributed by atoms with Crippen molar-refractivity contribution >= 4 is 33.3 Å². The molecular formula is C16H18N4O3S. The highest BCUT2D eigenvalue weighted by molar-refractivity contribution is 7.17. The maximum Gasteiger partial charge on any atom is 0.271 e. The van der Waals surface area contributed by atoms with E-state index in [0.29, 0.717) is 10.2 Å². The first-order valence-corrected chi connectivity index (χ1v) is 8.34. The molecule has 3 rings (SSSR count). The molecule has 0 aromatic carbocycles. The van der Waals surface area contributed by atoms with Crippen molar-refractivity contribution in [2.75, 3.05) is 5.32 Å². The molecule has 0 unspecified atom stereocenters. The fourth-order valence-electron chi connectivity index (χ4n) is 2.19. The fraction of sp³-hybridized carbons (Fsp3) is 0.375. The Bertz CT molecular complexity index is 962. The Hall–Kier alpha value is -2.48. The molecular weight excluding hydrogens is 328 g/mol. The number of anilines is 1. The van der Waals surface area contributed by atoms with Gasteiger partial charge in [0.1, 0.15) is 11.2 Å².